The standard InChI is InChI=1S/C19H26N2/c1-16(17-10-6-4-7-11-17)14-20-19(15-21(2)3)18-12-8-5-9-13-18/h4-13,16,19-20H,14-15H2,1-3H3. The number of hydrogen-bond acceptors (Lipinski definition) is 2. The fourth-order valence-corrected chi connectivity index (χ4v) is 2.56. The predicted octanol–water partition coefficient (Wildman–Crippen LogP) is 3.68. The van der Waals surface area contributed by atoms with Crippen molar-refractivity contribution in [2.75, 3.05) is 27.2 Å². The third-order valence-corrected chi connectivity index (χ3v) is 3.79. The average molecular weight is 282 g/mol. The molecule has 2 unspecified atom stereocenters. The van der Waals surface area contributed by atoms with Gasteiger partial charge in [-0.05, 0) is 31.1 Å². The fourth-order valence-electron chi connectivity index (χ4n) is 2.56. The van der Waals surface area contributed by atoms with Crippen LogP contribution >= 0.6 is 0 Å². The smallest absolute Gasteiger partial charge is 0.0449 e. The second-order valence-corrected chi connectivity index (χ2v) is 5.95. The molecule has 0 bridgehead atoms. The number of nitrogens with one attached hydrogen (secondary N) is 1. The molecule has 0 radical (unpaired) electrons. The average Bonchev–Trinajstić information content (AvgIpc) is 2.52. The van der Waals surface area contributed by atoms with Crippen LogP contribution in [0.1, 0.15) is 30.0 Å². The lowest BCUT2D eigenvalue weighted by molar-refractivity contribution is 0.338. The zero-order valence-electron chi connectivity index (χ0n) is 13.3. The van der Waals surface area contributed by atoms with Gasteiger partial charge in [-0.3, -0.25) is 0 Å². The van der Waals surface area contributed by atoms with E-state index in [0.717, 1.165) is 13.1 Å². The Morgan fingerprint density at radius 2 is 1.38 bits per heavy atom. The van der Waals surface area contributed by atoms with E-state index in [1.54, 1.807) is 0 Å². The Morgan fingerprint density at radius 1 is 0.857 bits per heavy atom. The molecule has 0 saturated carbocycles. The predicted molar refractivity (Wildman–Crippen MR) is 90.6 cm³/mol. The van der Waals surface area contributed by atoms with Gasteiger partial charge >= 0.3 is 0 Å². The summed E-state index contributed by atoms with van der Waals surface area (Å²) in [5.74, 6) is 0.513. The third kappa shape index (κ3) is 5.00. The van der Waals surface area contributed by atoms with E-state index in [9.17, 15) is 0 Å². The zero-order valence-corrected chi connectivity index (χ0v) is 13.3. The van der Waals surface area contributed by atoms with Gasteiger partial charge < -0.3 is 10.2 Å². The maximum absolute atomic E-state index is 3.72. The van der Waals surface area contributed by atoms with E-state index >= 15 is 0 Å². The van der Waals surface area contributed by atoms with Crippen LogP contribution in [0, 0.1) is 0 Å². The van der Waals surface area contributed by atoms with Crippen LogP contribution in [-0.2, 0) is 0 Å². The lowest BCUT2D eigenvalue weighted by Crippen LogP contribution is -2.33. The molecule has 2 heteroatoms. The summed E-state index contributed by atoms with van der Waals surface area (Å²) in [6.07, 6.45) is 0. The summed E-state index contributed by atoms with van der Waals surface area (Å²) < 4.78 is 0. The highest BCUT2D eigenvalue weighted by Crippen LogP contribution is 2.17. The van der Waals surface area contributed by atoms with E-state index in [-0.39, 0.29) is 0 Å². The van der Waals surface area contributed by atoms with E-state index in [0.29, 0.717) is 12.0 Å². The summed E-state index contributed by atoms with van der Waals surface area (Å²) in [4.78, 5) is 2.23. The Balaban J connectivity index is 1.99. The maximum atomic E-state index is 3.72. The fraction of sp³-hybridized carbons (Fsp3) is 0.368. The van der Waals surface area contributed by atoms with Crippen LogP contribution in [0.15, 0.2) is 60.7 Å². The van der Waals surface area contributed by atoms with Gasteiger partial charge in [-0.15, -0.1) is 0 Å². The Hall–Kier alpha value is -1.64. The highest BCUT2D eigenvalue weighted by Gasteiger charge is 2.13. The minimum Gasteiger partial charge on any atom is -0.308 e. The lowest BCUT2D eigenvalue weighted by atomic mass is 10.00. The molecule has 21 heavy (non-hydrogen) atoms. The monoisotopic (exact) mass is 282 g/mol. The molecule has 2 nitrogen and oxygen atoms in total. The molecule has 0 aliphatic carbocycles. The topological polar surface area (TPSA) is 15.3 Å². The molecule has 2 atom stereocenters. The lowest BCUT2D eigenvalue weighted by Gasteiger charge is -2.25. The first-order valence-electron chi connectivity index (χ1n) is 7.65. The number of nitrogens with zero attached hydrogens (tertiary/aromatic N) is 1. The summed E-state index contributed by atoms with van der Waals surface area (Å²) in [5.41, 5.74) is 2.74. The Morgan fingerprint density at radius 3 is 1.90 bits per heavy atom. The molecule has 0 fully saturated rings. The van der Waals surface area contributed by atoms with Crippen LogP contribution in [0.25, 0.3) is 0 Å². The first-order chi connectivity index (χ1) is 10.2. The summed E-state index contributed by atoms with van der Waals surface area (Å²) >= 11 is 0. The molecule has 0 aromatic heterocycles. The van der Waals surface area contributed by atoms with Crippen LogP contribution < -0.4 is 5.32 Å². The Kier molecular flexibility index (Phi) is 5.97. The van der Waals surface area contributed by atoms with Gasteiger partial charge in [-0.25, -0.2) is 0 Å². The van der Waals surface area contributed by atoms with Crippen LogP contribution in [0.3, 0.4) is 0 Å². The van der Waals surface area contributed by atoms with Crippen LogP contribution in [0.4, 0.5) is 0 Å². The van der Waals surface area contributed by atoms with Crippen molar-refractivity contribution in [2.24, 2.45) is 0 Å². The molecular formula is C19H26N2. The van der Waals surface area contributed by atoms with E-state index in [1.807, 2.05) is 0 Å². The van der Waals surface area contributed by atoms with Crippen molar-refractivity contribution in [3.63, 3.8) is 0 Å². The number of hydrogen-bond donors (Lipinski definition) is 1. The summed E-state index contributed by atoms with van der Waals surface area (Å²) in [5, 5.41) is 3.72. The van der Waals surface area contributed by atoms with Gasteiger partial charge in [-0.2, -0.15) is 0 Å². The Bertz CT molecular complexity index is 508. The summed E-state index contributed by atoms with van der Waals surface area (Å²) in [7, 11) is 4.25. The van der Waals surface area contributed by atoms with Gasteiger partial charge in [-0.1, -0.05) is 67.6 Å². The molecule has 112 valence electrons. The first kappa shape index (κ1) is 15.7. The van der Waals surface area contributed by atoms with Gasteiger partial charge in [0.2, 0.25) is 0 Å². The highest BCUT2D eigenvalue weighted by atomic mass is 15.1. The van der Waals surface area contributed by atoms with Gasteiger partial charge in [0.15, 0.2) is 0 Å². The van der Waals surface area contributed by atoms with Crippen molar-refractivity contribution in [3.05, 3.63) is 71.8 Å². The van der Waals surface area contributed by atoms with Crippen molar-refractivity contribution < 1.29 is 0 Å². The SMILES string of the molecule is CC(CNC(CN(C)C)c1ccccc1)c1ccccc1. The zero-order chi connectivity index (χ0) is 15.1. The van der Waals surface area contributed by atoms with E-state index < -0.39 is 0 Å². The van der Waals surface area contributed by atoms with Gasteiger partial charge in [0.1, 0.15) is 0 Å². The van der Waals surface area contributed by atoms with Crippen LogP contribution in [-0.4, -0.2) is 32.1 Å². The first-order valence-corrected chi connectivity index (χ1v) is 7.65. The van der Waals surface area contributed by atoms with Crippen molar-refractivity contribution in [1.82, 2.24) is 10.2 Å². The van der Waals surface area contributed by atoms with Crippen LogP contribution in [0.5, 0.6) is 0 Å². The minimum atomic E-state index is 0.368. The van der Waals surface area contributed by atoms with E-state index in [4.69, 9.17) is 0 Å². The van der Waals surface area contributed by atoms with Gasteiger partial charge in [0, 0.05) is 19.1 Å². The quantitative estimate of drug-likeness (QED) is 0.833. The number of rotatable bonds is 7. The second kappa shape index (κ2) is 7.96. The molecule has 0 heterocycles. The van der Waals surface area contributed by atoms with E-state index in [1.165, 1.54) is 11.1 Å². The van der Waals surface area contributed by atoms with Crippen molar-refractivity contribution >= 4 is 0 Å². The molecular weight excluding hydrogens is 256 g/mol. The molecule has 0 amide bonds. The molecule has 0 spiro atoms. The normalized spacial score (nSPS) is 14.1. The molecule has 2 aromatic carbocycles. The summed E-state index contributed by atoms with van der Waals surface area (Å²) in [6, 6.07) is 21.8. The van der Waals surface area contributed by atoms with Gasteiger partial charge in [0.05, 0.1) is 0 Å². The largest absolute Gasteiger partial charge is 0.308 e. The maximum Gasteiger partial charge on any atom is 0.0449 e. The third-order valence-electron chi connectivity index (χ3n) is 3.79. The Labute approximate surface area is 128 Å². The van der Waals surface area contributed by atoms with Crippen molar-refractivity contribution in [1.29, 1.82) is 0 Å². The second-order valence-electron chi connectivity index (χ2n) is 5.95. The molecule has 0 aliphatic heterocycles. The number of benzene rings is 2. The summed E-state index contributed by atoms with van der Waals surface area (Å²) in [6.45, 7) is 4.27. The van der Waals surface area contributed by atoms with Crippen LogP contribution in [0.2, 0.25) is 0 Å². The highest BCUT2D eigenvalue weighted by molar-refractivity contribution is 5.21. The van der Waals surface area contributed by atoms with Crippen molar-refractivity contribution in [2.45, 2.75) is 18.9 Å². The minimum absolute atomic E-state index is 0.368. The van der Waals surface area contributed by atoms with Gasteiger partial charge in [0.25, 0.3) is 0 Å². The number of likely N-dealkylation sites (N-methyl/N-ethyl adjacent to an activating group) is 1. The molecule has 0 saturated heterocycles. The molecule has 0 aliphatic rings. The van der Waals surface area contributed by atoms with E-state index in [2.05, 4.69) is 91.9 Å². The molecule has 1 N–H and O–H groups in total. The molecule has 2 rings (SSSR count). The molecule has 2 aromatic rings. The van der Waals surface area contributed by atoms with Crippen molar-refractivity contribution in [3.8, 4) is 0 Å².